The molecule has 0 aliphatic carbocycles. The third-order valence-corrected chi connectivity index (χ3v) is 4.43. The highest BCUT2D eigenvalue weighted by Gasteiger charge is 2.27. The second-order valence-corrected chi connectivity index (χ2v) is 5.93. The van der Waals surface area contributed by atoms with E-state index in [4.69, 9.17) is 0 Å². The van der Waals surface area contributed by atoms with Gasteiger partial charge in [-0.1, -0.05) is 26.3 Å². The molecular weight excluding hydrogens is 258 g/mol. The second-order valence-electron chi connectivity index (χ2n) is 5.93. The fraction of sp³-hybridized carbons (Fsp3) is 0.625. The Kier molecular flexibility index (Phi) is 5.11. The standard InChI is InChI=1S/C16H24F2N2/c1-4-11(2)16-10-20(12(3)8-19-16)9-13-5-6-14(17)15(18)7-13/h5-7,11-12,16,19H,4,8-10H2,1-3H3. The van der Waals surface area contributed by atoms with Gasteiger partial charge < -0.3 is 5.32 Å². The fourth-order valence-electron chi connectivity index (χ4n) is 2.71. The normalized spacial score (nSPS) is 25.6. The van der Waals surface area contributed by atoms with Gasteiger partial charge in [-0.15, -0.1) is 0 Å². The van der Waals surface area contributed by atoms with Crippen molar-refractivity contribution in [1.82, 2.24) is 10.2 Å². The van der Waals surface area contributed by atoms with Gasteiger partial charge >= 0.3 is 0 Å². The summed E-state index contributed by atoms with van der Waals surface area (Å²) in [6, 6.07) is 5.07. The summed E-state index contributed by atoms with van der Waals surface area (Å²) in [5.74, 6) is -0.918. The highest BCUT2D eigenvalue weighted by atomic mass is 19.2. The molecule has 4 heteroatoms. The zero-order valence-corrected chi connectivity index (χ0v) is 12.5. The first-order valence-corrected chi connectivity index (χ1v) is 7.42. The molecule has 1 aromatic carbocycles. The molecule has 1 aliphatic rings. The van der Waals surface area contributed by atoms with Crippen LogP contribution in [0.1, 0.15) is 32.8 Å². The van der Waals surface area contributed by atoms with Gasteiger partial charge in [-0.2, -0.15) is 0 Å². The van der Waals surface area contributed by atoms with Gasteiger partial charge in [-0.25, -0.2) is 8.78 Å². The summed E-state index contributed by atoms with van der Waals surface area (Å²) >= 11 is 0. The van der Waals surface area contributed by atoms with Crippen LogP contribution in [0, 0.1) is 17.6 Å². The Morgan fingerprint density at radius 3 is 2.75 bits per heavy atom. The monoisotopic (exact) mass is 282 g/mol. The summed E-state index contributed by atoms with van der Waals surface area (Å²) < 4.78 is 26.3. The molecule has 0 bridgehead atoms. The van der Waals surface area contributed by atoms with E-state index in [-0.39, 0.29) is 0 Å². The van der Waals surface area contributed by atoms with Gasteiger partial charge in [-0.05, 0) is 30.5 Å². The number of benzene rings is 1. The van der Waals surface area contributed by atoms with Crippen LogP contribution in [0.3, 0.4) is 0 Å². The van der Waals surface area contributed by atoms with E-state index >= 15 is 0 Å². The van der Waals surface area contributed by atoms with Crippen LogP contribution in [-0.2, 0) is 6.54 Å². The molecule has 3 atom stereocenters. The van der Waals surface area contributed by atoms with Crippen LogP contribution < -0.4 is 5.32 Å². The Bertz CT molecular complexity index is 450. The van der Waals surface area contributed by atoms with Crippen molar-refractivity contribution in [2.24, 2.45) is 5.92 Å². The average molecular weight is 282 g/mol. The van der Waals surface area contributed by atoms with Crippen LogP contribution in [0.15, 0.2) is 18.2 Å². The highest BCUT2D eigenvalue weighted by molar-refractivity contribution is 5.18. The van der Waals surface area contributed by atoms with Gasteiger partial charge in [0, 0.05) is 31.7 Å². The van der Waals surface area contributed by atoms with Gasteiger partial charge in [0.2, 0.25) is 0 Å². The van der Waals surface area contributed by atoms with Crippen molar-refractivity contribution < 1.29 is 8.78 Å². The molecule has 0 radical (unpaired) electrons. The molecule has 0 amide bonds. The molecule has 2 rings (SSSR count). The van der Waals surface area contributed by atoms with Crippen molar-refractivity contribution in [2.45, 2.75) is 45.8 Å². The van der Waals surface area contributed by atoms with E-state index < -0.39 is 11.6 Å². The zero-order chi connectivity index (χ0) is 14.7. The molecule has 1 heterocycles. The summed E-state index contributed by atoms with van der Waals surface area (Å²) in [5, 5.41) is 3.58. The summed E-state index contributed by atoms with van der Waals surface area (Å²) in [6.07, 6.45) is 1.14. The summed E-state index contributed by atoms with van der Waals surface area (Å²) in [4.78, 5) is 2.35. The third-order valence-electron chi connectivity index (χ3n) is 4.43. The van der Waals surface area contributed by atoms with E-state index in [2.05, 4.69) is 31.0 Å². The lowest BCUT2D eigenvalue weighted by molar-refractivity contribution is 0.111. The molecule has 1 fully saturated rings. The maximum atomic E-state index is 13.3. The molecule has 1 aliphatic heterocycles. The number of halogens is 2. The predicted molar refractivity (Wildman–Crippen MR) is 77.5 cm³/mol. The summed E-state index contributed by atoms with van der Waals surface area (Å²) in [6.45, 7) is 9.19. The topological polar surface area (TPSA) is 15.3 Å². The van der Waals surface area contributed by atoms with Gasteiger partial charge in [0.05, 0.1) is 0 Å². The Morgan fingerprint density at radius 1 is 1.35 bits per heavy atom. The Labute approximate surface area is 120 Å². The van der Waals surface area contributed by atoms with E-state index in [9.17, 15) is 8.78 Å². The minimum atomic E-state index is -0.778. The molecular formula is C16H24F2N2. The van der Waals surface area contributed by atoms with Crippen molar-refractivity contribution in [3.05, 3.63) is 35.4 Å². The molecule has 112 valence electrons. The first-order valence-electron chi connectivity index (χ1n) is 7.42. The van der Waals surface area contributed by atoms with E-state index in [1.165, 1.54) is 12.1 Å². The Balaban J connectivity index is 2.04. The van der Waals surface area contributed by atoms with Crippen molar-refractivity contribution in [1.29, 1.82) is 0 Å². The minimum absolute atomic E-state index is 0.406. The quantitative estimate of drug-likeness (QED) is 0.912. The van der Waals surface area contributed by atoms with Crippen LogP contribution in [-0.4, -0.2) is 30.1 Å². The number of nitrogens with one attached hydrogen (secondary N) is 1. The molecule has 0 aromatic heterocycles. The van der Waals surface area contributed by atoms with Crippen molar-refractivity contribution in [3.63, 3.8) is 0 Å². The first-order chi connectivity index (χ1) is 9.51. The van der Waals surface area contributed by atoms with Crippen molar-refractivity contribution in [2.75, 3.05) is 13.1 Å². The van der Waals surface area contributed by atoms with E-state index in [1.807, 2.05) is 0 Å². The maximum Gasteiger partial charge on any atom is 0.159 e. The van der Waals surface area contributed by atoms with E-state index in [0.717, 1.165) is 25.1 Å². The number of rotatable bonds is 4. The van der Waals surface area contributed by atoms with Crippen molar-refractivity contribution >= 4 is 0 Å². The number of hydrogen-bond donors (Lipinski definition) is 1. The SMILES string of the molecule is CCC(C)C1CN(Cc2ccc(F)c(F)c2)C(C)CN1. The van der Waals surface area contributed by atoms with Gasteiger partial charge in [-0.3, -0.25) is 4.90 Å². The van der Waals surface area contributed by atoms with Gasteiger partial charge in [0.1, 0.15) is 0 Å². The van der Waals surface area contributed by atoms with Crippen LogP contribution >= 0.6 is 0 Å². The largest absolute Gasteiger partial charge is 0.311 e. The van der Waals surface area contributed by atoms with E-state index in [0.29, 0.717) is 24.5 Å². The molecule has 1 aromatic rings. The van der Waals surface area contributed by atoms with Crippen LogP contribution in [0.5, 0.6) is 0 Å². The Hall–Kier alpha value is -1.00. The average Bonchev–Trinajstić information content (AvgIpc) is 2.44. The smallest absolute Gasteiger partial charge is 0.159 e. The van der Waals surface area contributed by atoms with Gasteiger partial charge in [0.15, 0.2) is 11.6 Å². The molecule has 2 nitrogen and oxygen atoms in total. The van der Waals surface area contributed by atoms with Crippen LogP contribution in [0.25, 0.3) is 0 Å². The molecule has 1 saturated heterocycles. The number of nitrogens with zero attached hydrogens (tertiary/aromatic N) is 1. The molecule has 3 unspecified atom stereocenters. The highest BCUT2D eigenvalue weighted by Crippen LogP contribution is 2.18. The predicted octanol–water partition coefficient (Wildman–Crippen LogP) is 3.17. The van der Waals surface area contributed by atoms with Crippen molar-refractivity contribution in [3.8, 4) is 0 Å². The molecule has 0 spiro atoms. The molecule has 20 heavy (non-hydrogen) atoms. The minimum Gasteiger partial charge on any atom is -0.311 e. The van der Waals surface area contributed by atoms with E-state index in [1.54, 1.807) is 6.07 Å². The maximum absolute atomic E-state index is 13.3. The fourth-order valence-corrected chi connectivity index (χ4v) is 2.71. The second kappa shape index (κ2) is 6.64. The molecule has 0 saturated carbocycles. The lowest BCUT2D eigenvalue weighted by Gasteiger charge is -2.41. The first kappa shape index (κ1) is 15.4. The molecule has 1 N–H and O–H groups in total. The lowest BCUT2D eigenvalue weighted by Crippen LogP contribution is -2.56. The summed E-state index contributed by atoms with van der Waals surface area (Å²) in [7, 11) is 0. The van der Waals surface area contributed by atoms with Crippen LogP contribution in [0.4, 0.5) is 8.78 Å². The van der Waals surface area contributed by atoms with Crippen LogP contribution in [0.2, 0.25) is 0 Å². The van der Waals surface area contributed by atoms with Gasteiger partial charge in [0.25, 0.3) is 0 Å². The number of piperazine rings is 1. The Morgan fingerprint density at radius 2 is 2.10 bits per heavy atom. The summed E-state index contributed by atoms with van der Waals surface area (Å²) in [5.41, 5.74) is 0.834. The number of hydrogen-bond acceptors (Lipinski definition) is 2. The zero-order valence-electron chi connectivity index (χ0n) is 12.5. The lowest BCUT2D eigenvalue weighted by atomic mass is 9.95. The third kappa shape index (κ3) is 3.55.